The number of halogens is 1. The van der Waals surface area contributed by atoms with E-state index >= 15 is 0 Å². The van der Waals surface area contributed by atoms with Crippen LogP contribution in [0.2, 0.25) is 0 Å². The lowest BCUT2D eigenvalue weighted by molar-refractivity contribution is -0.122. The lowest BCUT2D eigenvalue weighted by Crippen LogP contribution is -2.22. The minimum atomic E-state index is -0.364. The van der Waals surface area contributed by atoms with Crippen LogP contribution in [0.4, 0.5) is 10.2 Å². The Morgan fingerprint density at radius 1 is 0.968 bits per heavy atom. The average Bonchev–Trinajstić information content (AvgIpc) is 3.15. The number of nitrogens with zero attached hydrogens (tertiary/aromatic N) is 2. The van der Waals surface area contributed by atoms with Gasteiger partial charge >= 0.3 is 0 Å². The molecular formula is C25H22FN3O2. The predicted octanol–water partition coefficient (Wildman–Crippen LogP) is 5.06. The Morgan fingerprint density at radius 2 is 1.55 bits per heavy atom. The second-order valence-corrected chi connectivity index (χ2v) is 7.12. The summed E-state index contributed by atoms with van der Waals surface area (Å²) < 4.78 is 20.9. The highest BCUT2D eigenvalue weighted by atomic mass is 19.1. The molecule has 0 bridgehead atoms. The highest BCUT2D eigenvalue weighted by Gasteiger charge is 2.17. The summed E-state index contributed by atoms with van der Waals surface area (Å²) in [6, 6.07) is 27.2. The number of ether oxygens (including phenoxy) is 1. The summed E-state index contributed by atoms with van der Waals surface area (Å²) in [5.74, 6) is -0.145. The molecule has 1 aromatic heterocycles. The van der Waals surface area contributed by atoms with Crippen molar-refractivity contribution in [3.05, 3.63) is 114 Å². The Morgan fingerprint density at radius 3 is 2.13 bits per heavy atom. The van der Waals surface area contributed by atoms with Gasteiger partial charge in [0.1, 0.15) is 24.3 Å². The Hall–Kier alpha value is -3.77. The van der Waals surface area contributed by atoms with Crippen LogP contribution in [-0.2, 0) is 9.53 Å². The van der Waals surface area contributed by atoms with Crippen molar-refractivity contribution in [2.45, 2.75) is 13.0 Å². The third kappa shape index (κ3) is 5.05. The number of aryl methyl sites for hydroxylation is 1. The molecule has 4 aromatic rings. The molecule has 3 aromatic carbocycles. The average molecular weight is 415 g/mol. The van der Waals surface area contributed by atoms with Gasteiger partial charge in [-0.1, -0.05) is 60.7 Å². The minimum absolute atomic E-state index is 0.137. The maximum atomic E-state index is 13.3. The van der Waals surface area contributed by atoms with Gasteiger partial charge in [0.05, 0.1) is 11.4 Å². The molecule has 1 heterocycles. The largest absolute Gasteiger partial charge is 0.359 e. The molecule has 0 fully saturated rings. The second kappa shape index (κ2) is 9.36. The van der Waals surface area contributed by atoms with Crippen LogP contribution in [0.15, 0.2) is 91.0 Å². The van der Waals surface area contributed by atoms with Gasteiger partial charge in [0, 0.05) is 6.07 Å². The molecule has 6 heteroatoms. The molecule has 0 unspecified atom stereocenters. The smallest absolute Gasteiger partial charge is 0.251 e. The highest BCUT2D eigenvalue weighted by Crippen LogP contribution is 2.26. The molecule has 0 spiro atoms. The predicted molar refractivity (Wildman–Crippen MR) is 118 cm³/mol. The molecule has 1 N–H and O–H groups in total. The Labute approximate surface area is 180 Å². The summed E-state index contributed by atoms with van der Waals surface area (Å²) in [5, 5.41) is 7.24. The van der Waals surface area contributed by atoms with Crippen LogP contribution in [0.3, 0.4) is 0 Å². The van der Waals surface area contributed by atoms with Crippen molar-refractivity contribution in [2.75, 3.05) is 11.9 Å². The molecule has 0 atom stereocenters. The summed E-state index contributed by atoms with van der Waals surface area (Å²) in [4.78, 5) is 12.7. The number of carbonyl (C=O) groups excluding carboxylic acids is 1. The number of benzene rings is 3. The van der Waals surface area contributed by atoms with E-state index in [1.807, 2.05) is 67.6 Å². The third-order valence-corrected chi connectivity index (χ3v) is 4.76. The zero-order valence-corrected chi connectivity index (χ0v) is 17.0. The number of nitrogens with one attached hydrogen (secondary N) is 1. The van der Waals surface area contributed by atoms with Gasteiger partial charge in [-0.05, 0) is 42.3 Å². The van der Waals surface area contributed by atoms with E-state index in [1.54, 1.807) is 22.9 Å². The first-order valence-electron chi connectivity index (χ1n) is 9.94. The number of carbonyl (C=O) groups is 1. The lowest BCUT2D eigenvalue weighted by atomic mass is 10.0. The fourth-order valence-corrected chi connectivity index (χ4v) is 3.35. The Balaban J connectivity index is 1.49. The van der Waals surface area contributed by atoms with E-state index in [0.29, 0.717) is 11.5 Å². The van der Waals surface area contributed by atoms with E-state index in [1.165, 1.54) is 12.1 Å². The number of amides is 1. The van der Waals surface area contributed by atoms with Crippen molar-refractivity contribution in [3.63, 3.8) is 0 Å². The van der Waals surface area contributed by atoms with Crippen LogP contribution < -0.4 is 5.32 Å². The number of anilines is 1. The van der Waals surface area contributed by atoms with E-state index in [0.717, 1.165) is 16.8 Å². The van der Waals surface area contributed by atoms with E-state index < -0.39 is 0 Å². The van der Waals surface area contributed by atoms with Crippen LogP contribution in [-0.4, -0.2) is 22.3 Å². The van der Waals surface area contributed by atoms with E-state index in [2.05, 4.69) is 10.4 Å². The third-order valence-electron chi connectivity index (χ3n) is 4.76. The quantitative estimate of drug-likeness (QED) is 0.459. The van der Waals surface area contributed by atoms with Crippen molar-refractivity contribution in [1.29, 1.82) is 0 Å². The maximum Gasteiger partial charge on any atom is 0.251 e. The monoisotopic (exact) mass is 415 g/mol. The zero-order valence-electron chi connectivity index (χ0n) is 17.0. The Bertz CT molecular complexity index is 1100. The number of hydrogen-bond donors (Lipinski definition) is 1. The summed E-state index contributed by atoms with van der Waals surface area (Å²) >= 11 is 0. The molecule has 156 valence electrons. The molecule has 31 heavy (non-hydrogen) atoms. The number of hydrogen-bond acceptors (Lipinski definition) is 3. The molecule has 0 radical (unpaired) electrons. The topological polar surface area (TPSA) is 56.1 Å². The number of rotatable bonds is 7. The first-order chi connectivity index (χ1) is 15.1. The zero-order chi connectivity index (χ0) is 21.6. The minimum Gasteiger partial charge on any atom is -0.359 e. The van der Waals surface area contributed by atoms with Gasteiger partial charge in [-0.2, -0.15) is 5.10 Å². The first kappa shape index (κ1) is 20.5. The van der Waals surface area contributed by atoms with Gasteiger partial charge in [0.25, 0.3) is 5.91 Å². The summed E-state index contributed by atoms with van der Waals surface area (Å²) in [7, 11) is 0. The van der Waals surface area contributed by atoms with Crippen molar-refractivity contribution in [3.8, 4) is 5.69 Å². The van der Waals surface area contributed by atoms with Gasteiger partial charge in [-0.15, -0.1) is 0 Å². The van der Waals surface area contributed by atoms with Crippen molar-refractivity contribution in [2.24, 2.45) is 0 Å². The fourth-order valence-electron chi connectivity index (χ4n) is 3.35. The van der Waals surface area contributed by atoms with Crippen LogP contribution in [0, 0.1) is 12.7 Å². The van der Waals surface area contributed by atoms with Crippen LogP contribution in [0.1, 0.15) is 22.9 Å². The molecular weight excluding hydrogens is 393 g/mol. The first-order valence-corrected chi connectivity index (χ1v) is 9.94. The van der Waals surface area contributed by atoms with Crippen molar-refractivity contribution < 1.29 is 13.9 Å². The molecule has 1 amide bonds. The second-order valence-electron chi connectivity index (χ2n) is 7.12. The number of aromatic nitrogens is 2. The standard InChI is InChI=1S/C25H22FN3O2/c1-18-16-23(29(28-18)22-14-12-21(26)13-15-22)27-24(30)17-31-25(19-8-4-2-5-9-19)20-10-6-3-7-11-20/h2-16,25H,17H2,1H3,(H,27,30). The van der Waals surface area contributed by atoms with Crippen LogP contribution >= 0.6 is 0 Å². The molecule has 5 nitrogen and oxygen atoms in total. The van der Waals surface area contributed by atoms with Crippen LogP contribution in [0.25, 0.3) is 5.69 Å². The highest BCUT2D eigenvalue weighted by molar-refractivity contribution is 5.91. The lowest BCUT2D eigenvalue weighted by Gasteiger charge is -2.19. The summed E-state index contributed by atoms with van der Waals surface area (Å²) in [6.45, 7) is 1.69. The van der Waals surface area contributed by atoms with Gasteiger partial charge in [0.15, 0.2) is 0 Å². The molecule has 4 rings (SSSR count). The molecule has 0 aliphatic rings. The molecule has 0 saturated carbocycles. The SMILES string of the molecule is Cc1cc(NC(=O)COC(c2ccccc2)c2ccccc2)n(-c2ccc(F)cc2)n1. The van der Waals surface area contributed by atoms with Gasteiger partial charge < -0.3 is 10.1 Å². The van der Waals surface area contributed by atoms with Crippen molar-refractivity contribution >= 4 is 11.7 Å². The Kier molecular flexibility index (Phi) is 6.19. The molecule has 0 saturated heterocycles. The van der Waals surface area contributed by atoms with Crippen molar-refractivity contribution in [1.82, 2.24) is 9.78 Å². The van der Waals surface area contributed by atoms with E-state index in [9.17, 15) is 9.18 Å². The molecule has 0 aliphatic heterocycles. The molecule has 0 aliphatic carbocycles. The van der Waals surface area contributed by atoms with E-state index in [4.69, 9.17) is 4.74 Å². The fraction of sp³-hybridized carbons (Fsp3) is 0.120. The van der Waals surface area contributed by atoms with Crippen LogP contribution in [0.5, 0.6) is 0 Å². The summed E-state index contributed by atoms with van der Waals surface area (Å²) in [6.07, 6.45) is -0.364. The van der Waals surface area contributed by atoms with Gasteiger partial charge in [-0.25, -0.2) is 9.07 Å². The van der Waals surface area contributed by atoms with Gasteiger partial charge in [0.2, 0.25) is 0 Å². The maximum absolute atomic E-state index is 13.3. The van der Waals surface area contributed by atoms with Gasteiger partial charge in [-0.3, -0.25) is 4.79 Å². The normalized spacial score (nSPS) is 10.9. The van der Waals surface area contributed by atoms with E-state index in [-0.39, 0.29) is 24.4 Å². The summed E-state index contributed by atoms with van der Waals surface area (Å²) in [5.41, 5.74) is 3.31.